The molecule has 0 bridgehead atoms. The normalized spacial score (nSPS) is 11.5. The Balaban J connectivity index is 1.23. The molecule has 0 saturated carbocycles. The maximum atomic E-state index is 11.9. The van der Waals surface area contributed by atoms with Crippen molar-refractivity contribution in [1.29, 1.82) is 5.26 Å². The van der Waals surface area contributed by atoms with Gasteiger partial charge in [0, 0.05) is 33.9 Å². The minimum absolute atomic E-state index is 0.573. The standard InChI is InChI=1S/C64H46N4/c1-40-9-5-13-45(29-40)49-17-21-54-55-22-18-50(46-14-6-10-41(2)30-46)34-60(55)67(59(54)33-49)63-37-53(44-25-27-66-28-26-44)38-64(58(63)39-65)68-61-35-51(47-15-7-11-42(3)31-47)19-23-56(61)57-24-20-52(36-62(57)68)48-16-8-12-43(4)32-48/h5-38H,1-4H3. The molecule has 0 aliphatic heterocycles. The van der Waals surface area contributed by atoms with Gasteiger partial charge in [-0.05, 0) is 132 Å². The van der Waals surface area contributed by atoms with E-state index in [1.807, 2.05) is 12.4 Å². The van der Waals surface area contributed by atoms with Gasteiger partial charge >= 0.3 is 0 Å². The lowest BCUT2D eigenvalue weighted by Gasteiger charge is -2.19. The van der Waals surface area contributed by atoms with E-state index in [9.17, 15) is 5.26 Å². The molecule has 322 valence electrons. The van der Waals surface area contributed by atoms with E-state index in [1.165, 1.54) is 22.3 Å². The second kappa shape index (κ2) is 16.3. The van der Waals surface area contributed by atoms with Crippen molar-refractivity contribution in [2.24, 2.45) is 0 Å². The summed E-state index contributed by atoms with van der Waals surface area (Å²) in [4.78, 5) is 4.43. The van der Waals surface area contributed by atoms with Gasteiger partial charge in [0.15, 0.2) is 0 Å². The number of nitrogens with zero attached hydrogens (tertiary/aromatic N) is 4. The molecule has 0 aliphatic rings. The molecule has 0 amide bonds. The van der Waals surface area contributed by atoms with E-state index in [0.717, 1.165) is 111 Å². The summed E-state index contributed by atoms with van der Waals surface area (Å²) < 4.78 is 4.69. The smallest absolute Gasteiger partial charge is 0.104 e. The lowest BCUT2D eigenvalue weighted by atomic mass is 10.00. The highest BCUT2D eigenvalue weighted by Crippen LogP contribution is 2.43. The van der Waals surface area contributed by atoms with Gasteiger partial charge < -0.3 is 9.13 Å². The summed E-state index contributed by atoms with van der Waals surface area (Å²) in [6.07, 6.45) is 3.69. The van der Waals surface area contributed by atoms with Crippen molar-refractivity contribution in [3.05, 3.63) is 234 Å². The van der Waals surface area contributed by atoms with Crippen molar-refractivity contribution in [2.45, 2.75) is 27.7 Å². The number of pyridine rings is 1. The Labute approximate surface area is 396 Å². The molecule has 9 aromatic carbocycles. The van der Waals surface area contributed by atoms with Crippen LogP contribution in [-0.2, 0) is 0 Å². The molecule has 0 unspecified atom stereocenters. The zero-order valence-corrected chi connectivity index (χ0v) is 38.4. The summed E-state index contributed by atoms with van der Waals surface area (Å²) in [6.45, 7) is 8.55. The molecule has 0 spiro atoms. The molecule has 0 atom stereocenters. The molecule has 0 radical (unpaired) electrons. The summed E-state index contributed by atoms with van der Waals surface area (Å²) >= 11 is 0. The first-order valence-corrected chi connectivity index (χ1v) is 23.2. The molecule has 4 heteroatoms. The van der Waals surface area contributed by atoms with Crippen LogP contribution in [0.1, 0.15) is 27.8 Å². The summed E-state index contributed by atoms with van der Waals surface area (Å²) in [5.74, 6) is 0. The Hall–Kier alpha value is -8.78. The third kappa shape index (κ3) is 6.96. The van der Waals surface area contributed by atoms with Crippen molar-refractivity contribution in [2.75, 3.05) is 0 Å². The van der Waals surface area contributed by atoms with E-state index < -0.39 is 0 Å². The predicted molar refractivity (Wildman–Crippen MR) is 284 cm³/mol. The zero-order valence-electron chi connectivity index (χ0n) is 38.4. The SMILES string of the molecule is Cc1cccc(-c2ccc3c4ccc(-c5cccc(C)c5)cc4n(-c4cc(-c5ccncc5)cc(-n5c6cc(-c7cccc(C)c7)ccc6c6ccc(-c7cccc(C)c7)cc65)c4C#N)c3c2)c1. The highest BCUT2D eigenvalue weighted by Gasteiger charge is 2.24. The number of fused-ring (bicyclic) bond motifs is 6. The van der Waals surface area contributed by atoms with E-state index in [1.54, 1.807) is 0 Å². The van der Waals surface area contributed by atoms with E-state index in [0.29, 0.717) is 5.56 Å². The second-order valence-electron chi connectivity index (χ2n) is 18.3. The molecule has 12 aromatic rings. The van der Waals surface area contributed by atoms with Crippen molar-refractivity contribution in [1.82, 2.24) is 14.1 Å². The molecule has 68 heavy (non-hydrogen) atoms. The molecular formula is C64H46N4. The first kappa shape index (κ1) is 40.7. The van der Waals surface area contributed by atoms with E-state index in [2.05, 4.69) is 242 Å². The van der Waals surface area contributed by atoms with Crippen molar-refractivity contribution >= 4 is 43.6 Å². The Morgan fingerprint density at radius 1 is 0.324 bits per heavy atom. The molecule has 3 aromatic heterocycles. The fourth-order valence-electron chi connectivity index (χ4n) is 10.4. The van der Waals surface area contributed by atoms with Crippen LogP contribution < -0.4 is 0 Å². The van der Waals surface area contributed by atoms with Crippen molar-refractivity contribution < 1.29 is 0 Å². The average Bonchev–Trinajstić information content (AvgIpc) is 3.87. The lowest BCUT2D eigenvalue weighted by Crippen LogP contribution is -2.05. The maximum Gasteiger partial charge on any atom is 0.104 e. The molecule has 0 aliphatic carbocycles. The van der Waals surface area contributed by atoms with E-state index in [4.69, 9.17) is 0 Å². The molecule has 0 fully saturated rings. The number of hydrogen-bond acceptors (Lipinski definition) is 2. The first-order chi connectivity index (χ1) is 33.3. The van der Waals surface area contributed by atoms with Crippen LogP contribution in [0.15, 0.2) is 207 Å². The number of aromatic nitrogens is 3. The first-order valence-electron chi connectivity index (χ1n) is 23.2. The predicted octanol–water partition coefficient (Wildman–Crippen LogP) is 16.7. The minimum atomic E-state index is 0.573. The van der Waals surface area contributed by atoms with Crippen LogP contribution >= 0.6 is 0 Å². The fraction of sp³-hybridized carbons (Fsp3) is 0.0625. The second-order valence-corrected chi connectivity index (χ2v) is 18.3. The summed E-state index contributed by atoms with van der Waals surface area (Å²) in [7, 11) is 0. The van der Waals surface area contributed by atoms with Gasteiger partial charge in [0.05, 0.1) is 33.4 Å². The van der Waals surface area contributed by atoms with Crippen LogP contribution in [0.5, 0.6) is 0 Å². The quantitative estimate of drug-likeness (QED) is 0.160. The number of rotatable bonds is 7. The number of nitriles is 1. The molecule has 0 saturated heterocycles. The summed E-state index contributed by atoms with van der Waals surface area (Å²) in [6, 6.07) is 73.3. The van der Waals surface area contributed by atoms with Crippen LogP contribution in [0.25, 0.3) is 111 Å². The Kier molecular flexibility index (Phi) is 9.74. The number of hydrogen-bond donors (Lipinski definition) is 0. The van der Waals surface area contributed by atoms with Gasteiger partial charge in [0.25, 0.3) is 0 Å². The zero-order chi connectivity index (χ0) is 46.0. The summed E-state index contributed by atoms with van der Waals surface area (Å²) in [5, 5.41) is 16.4. The van der Waals surface area contributed by atoms with Gasteiger partial charge in [-0.25, -0.2) is 0 Å². The lowest BCUT2D eigenvalue weighted by molar-refractivity contribution is 1.12. The monoisotopic (exact) mass is 870 g/mol. The number of benzene rings is 9. The van der Waals surface area contributed by atoms with Gasteiger partial charge in [-0.1, -0.05) is 168 Å². The van der Waals surface area contributed by atoms with Crippen LogP contribution in [0.3, 0.4) is 0 Å². The summed E-state index contributed by atoms with van der Waals surface area (Å²) in [5.41, 5.74) is 22.1. The highest BCUT2D eigenvalue weighted by molar-refractivity contribution is 6.13. The van der Waals surface area contributed by atoms with Gasteiger partial charge in [0.2, 0.25) is 0 Å². The topological polar surface area (TPSA) is 46.5 Å². The van der Waals surface area contributed by atoms with Crippen molar-refractivity contribution in [3.63, 3.8) is 0 Å². The fourth-order valence-corrected chi connectivity index (χ4v) is 10.4. The van der Waals surface area contributed by atoms with Gasteiger partial charge in [-0.3, -0.25) is 4.98 Å². The van der Waals surface area contributed by atoms with Crippen molar-refractivity contribution in [3.8, 4) is 73.1 Å². The number of aryl methyl sites for hydroxylation is 4. The highest BCUT2D eigenvalue weighted by atomic mass is 15.0. The molecule has 12 rings (SSSR count). The van der Waals surface area contributed by atoms with Crippen LogP contribution in [-0.4, -0.2) is 14.1 Å². The Morgan fingerprint density at radius 3 is 0.926 bits per heavy atom. The van der Waals surface area contributed by atoms with Gasteiger partial charge in [-0.15, -0.1) is 0 Å². The van der Waals surface area contributed by atoms with Gasteiger partial charge in [0.1, 0.15) is 11.6 Å². The Morgan fingerprint density at radius 2 is 0.632 bits per heavy atom. The molecule has 0 N–H and O–H groups in total. The Bertz CT molecular complexity index is 3590. The maximum absolute atomic E-state index is 11.9. The van der Waals surface area contributed by atoms with Crippen LogP contribution in [0.4, 0.5) is 0 Å². The molecule has 4 nitrogen and oxygen atoms in total. The van der Waals surface area contributed by atoms with E-state index in [-0.39, 0.29) is 0 Å². The minimum Gasteiger partial charge on any atom is -0.308 e. The third-order valence-corrected chi connectivity index (χ3v) is 13.6. The molecular weight excluding hydrogens is 825 g/mol. The van der Waals surface area contributed by atoms with Crippen LogP contribution in [0.2, 0.25) is 0 Å². The third-order valence-electron chi connectivity index (χ3n) is 13.6. The van der Waals surface area contributed by atoms with E-state index >= 15 is 0 Å². The van der Waals surface area contributed by atoms with Gasteiger partial charge in [-0.2, -0.15) is 5.26 Å². The largest absolute Gasteiger partial charge is 0.308 e. The molecule has 3 heterocycles. The average molecular weight is 871 g/mol. The van der Waals surface area contributed by atoms with Crippen LogP contribution in [0, 0.1) is 39.0 Å².